The second kappa shape index (κ2) is 7.16. The average Bonchev–Trinajstić information content (AvgIpc) is 3.23. The third kappa shape index (κ3) is 3.43. The number of alkyl halides is 3. The van der Waals surface area contributed by atoms with Gasteiger partial charge in [0.1, 0.15) is 6.17 Å². The number of fused-ring (bicyclic) bond motifs is 1. The van der Waals surface area contributed by atoms with E-state index in [1.807, 2.05) is 0 Å². The van der Waals surface area contributed by atoms with E-state index in [4.69, 9.17) is 11.6 Å². The summed E-state index contributed by atoms with van der Waals surface area (Å²) in [6.45, 7) is 2.96. The summed E-state index contributed by atoms with van der Waals surface area (Å²) in [5.41, 5.74) is -0.0621. The van der Waals surface area contributed by atoms with Gasteiger partial charge in [-0.25, -0.2) is 13.2 Å². The van der Waals surface area contributed by atoms with Crippen LogP contribution in [0, 0.1) is 5.92 Å². The fourth-order valence-corrected chi connectivity index (χ4v) is 5.14. The summed E-state index contributed by atoms with van der Waals surface area (Å²) in [7, 11) is -4.20. The summed E-state index contributed by atoms with van der Waals surface area (Å²) >= 11 is 6.34. The SMILES string of the molecule is C[C@@H]1CN(c2nn(S(=O)(=O)c3ccc(C(C)(F)F)cc3)c3cccc(Cl)c23)C[C@@H]1F. The summed E-state index contributed by atoms with van der Waals surface area (Å²) in [5, 5.41) is 4.97. The zero-order chi connectivity index (χ0) is 21.8. The molecule has 0 spiro atoms. The van der Waals surface area contributed by atoms with E-state index in [0.717, 1.165) is 35.3 Å². The zero-order valence-electron chi connectivity index (χ0n) is 16.2. The standard InChI is InChI=1S/C20H19ClF3N3O2S/c1-12-10-26(11-16(12)22)19-18-15(21)4-3-5-17(18)27(25-19)30(28,29)14-8-6-13(7-9-14)20(2,23)24/h3-9,12,16H,10-11H2,1-2H3/t12-,16+/m1/s1. The molecule has 2 aromatic carbocycles. The fraction of sp³-hybridized carbons (Fsp3) is 0.350. The topological polar surface area (TPSA) is 55.2 Å². The molecule has 160 valence electrons. The van der Waals surface area contributed by atoms with Crippen molar-refractivity contribution in [3.05, 3.63) is 53.1 Å². The molecule has 0 aliphatic carbocycles. The van der Waals surface area contributed by atoms with Crippen LogP contribution in [0.15, 0.2) is 47.4 Å². The Morgan fingerprint density at radius 1 is 1.13 bits per heavy atom. The van der Waals surface area contributed by atoms with Gasteiger partial charge in [0.05, 0.1) is 27.4 Å². The van der Waals surface area contributed by atoms with Crippen LogP contribution in [0.5, 0.6) is 0 Å². The van der Waals surface area contributed by atoms with Gasteiger partial charge in [-0.1, -0.05) is 36.7 Å². The van der Waals surface area contributed by atoms with Gasteiger partial charge in [0, 0.05) is 24.9 Å². The van der Waals surface area contributed by atoms with Gasteiger partial charge in [-0.15, -0.1) is 5.10 Å². The number of aromatic nitrogens is 2. The van der Waals surface area contributed by atoms with Gasteiger partial charge in [0.25, 0.3) is 15.9 Å². The van der Waals surface area contributed by atoms with Crippen LogP contribution in [0.4, 0.5) is 19.0 Å². The van der Waals surface area contributed by atoms with E-state index in [-0.39, 0.29) is 34.3 Å². The monoisotopic (exact) mass is 457 g/mol. The van der Waals surface area contributed by atoms with Gasteiger partial charge in [-0.05, 0) is 24.3 Å². The molecule has 5 nitrogen and oxygen atoms in total. The van der Waals surface area contributed by atoms with E-state index >= 15 is 0 Å². The lowest BCUT2D eigenvalue weighted by molar-refractivity contribution is 0.0174. The number of hydrogen-bond acceptors (Lipinski definition) is 4. The van der Waals surface area contributed by atoms with Crippen LogP contribution in [0.3, 0.4) is 0 Å². The van der Waals surface area contributed by atoms with E-state index in [2.05, 4.69) is 5.10 Å². The van der Waals surface area contributed by atoms with Crippen molar-refractivity contribution < 1.29 is 21.6 Å². The second-order valence-corrected chi connectivity index (χ2v) is 9.79. The molecular weight excluding hydrogens is 439 g/mol. The smallest absolute Gasteiger partial charge is 0.283 e. The molecule has 30 heavy (non-hydrogen) atoms. The highest BCUT2D eigenvalue weighted by molar-refractivity contribution is 7.90. The van der Waals surface area contributed by atoms with E-state index in [9.17, 15) is 21.6 Å². The Morgan fingerprint density at radius 3 is 2.37 bits per heavy atom. The summed E-state index contributed by atoms with van der Waals surface area (Å²) in [5.74, 6) is -3.04. The molecule has 1 saturated heterocycles. The Hall–Kier alpha value is -2.26. The Balaban J connectivity index is 1.86. The molecule has 0 saturated carbocycles. The molecule has 4 rings (SSSR count). The lowest BCUT2D eigenvalue weighted by atomic mass is 10.1. The quantitative estimate of drug-likeness (QED) is 0.563. The lowest BCUT2D eigenvalue weighted by Crippen LogP contribution is -2.22. The first-order chi connectivity index (χ1) is 14.0. The predicted octanol–water partition coefficient (Wildman–Crippen LogP) is 4.83. The fourth-order valence-electron chi connectivity index (χ4n) is 3.61. The van der Waals surface area contributed by atoms with E-state index in [1.165, 1.54) is 0 Å². The van der Waals surface area contributed by atoms with Crippen molar-refractivity contribution in [3.63, 3.8) is 0 Å². The molecule has 0 amide bonds. The molecule has 0 N–H and O–H groups in total. The normalized spacial score (nSPS) is 20.3. The number of halogens is 4. The third-order valence-corrected chi connectivity index (χ3v) is 7.23. The van der Waals surface area contributed by atoms with Gasteiger partial charge in [0.15, 0.2) is 5.82 Å². The maximum absolute atomic E-state index is 14.1. The van der Waals surface area contributed by atoms with Crippen LogP contribution in [0.25, 0.3) is 10.9 Å². The highest BCUT2D eigenvalue weighted by Gasteiger charge is 2.34. The minimum absolute atomic E-state index is 0.0822. The molecule has 10 heteroatoms. The van der Waals surface area contributed by atoms with Gasteiger partial charge in [-0.2, -0.15) is 12.5 Å². The van der Waals surface area contributed by atoms with Crippen molar-refractivity contribution in [1.29, 1.82) is 0 Å². The highest BCUT2D eigenvalue weighted by Crippen LogP contribution is 2.37. The van der Waals surface area contributed by atoms with Crippen molar-refractivity contribution in [1.82, 2.24) is 9.19 Å². The minimum Gasteiger partial charge on any atom is -0.351 e. The van der Waals surface area contributed by atoms with Gasteiger partial charge >= 0.3 is 0 Å². The van der Waals surface area contributed by atoms with Gasteiger partial charge in [-0.3, -0.25) is 0 Å². The van der Waals surface area contributed by atoms with Crippen LogP contribution < -0.4 is 4.90 Å². The molecule has 1 aliphatic rings. The Morgan fingerprint density at radius 2 is 1.80 bits per heavy atom. The average molecular weight is 458 g/mol. The van der Waals surface area contributed by atoms with Crippen molar-refractivity contribution in [2.45, 2.75) is 30.8 Å². The molecule has 0 bridgehead atoms. The maximum atomic E-state index is 14.1. The van der Waals surface area contributed by atoms with Crippen molar-refractivity contribution in [2.75, 3.05) is 18.0 Å². The number of hydrogen-bond donors (Lipinski definition) is 0. The Bertz CT molecular complexity index is 1200. The number of anilines is 1. The summed E-state index contributed by atoms with van der Waals surface area (Å²) in [6.07, 6.45) is -1.06. The summed E-state index contributed by atoms with van der Waals surface area (Å²) in [4.78, 5) is 1.49. The maximum Gasteiger partial charge on any atom is 0.283 e. The molecule has 2 atom stereocenters. The molecule has 2 heterocycles. The first kappa shape index (κ1) is 21.0. The molecule has 3 aromatic rings. The van der Waals surface area contributed by atoms with Crippen LogP contribution in [0.2, 0.25) is 5.02 Å². The summed E-state index contributed by atoms with van der Waals surface area (Å²) in [6, 6.07) is 9.13. The van der Waals surface area contributed by atoms with Crippen LogP contribution in [-0.4, -0.2) is 36.9 Å². The van der Waals surface area contributed by atoms with Crippen LogP contribution in [-0.2, 0) is 15.9 Å². The molecule has 1 aromatic heterocycles. The van der Waals surface area contributed by atoms with E-state index < -0.39 is 22.1 Å². The predicted molar refractivity (Wildman–Crippen MR) is 110 cm³/mol. The number of nitrogens with zero attached hydrogens (tertiary/aromatic N) is 3. The largest absolute Gasteiger partial charge is 0.351 e. The van der Waals surface area contributed by atoms with Crippen molar-refractivity contribution >= 4 is 38.3 Å². The van der Waals surface area contributed by atoms with E-state index in [0.29, 0.717) is 17.0 Å². The van der Waals surface area contributed by atoms with Gasteiger partial charge in [0.2, 0.25) is 0 Å². The van der Waals surface area contributed by atoms with Gasteiger partial charge < -0.3 is 4.90 Å². The van der Waals surface area contributed by atoms with E-state index in [1.54, 1.807) is 30.0 Å². The third-order valence-electron chi connectivity index (χ3n) is 5.31. The van der Waals surface area contributed by atoms with Crippen LogP contribution in [0.1, 0.15) is 19.4 Å². The zero-order valence-corrected chi connectivity index (χ0v) is 17.8. The lowest BCUT2D eigenvalue weighted by Gasteiger charge is -2.15. The minimum atomic E-state index is -4.20. The van der Waals surface area contributed by atoms with Crippen molar-refractivity contribution in [2.24, 2.45) is 5.92 Å². The number of rotatable bonds is 4. The molecular formula is C20H19ClF3N3O2S. The molecule has 1 aliphatic heterocycles. The molecule has 0 radical (unpaired) electrons. The van der Waals surface area contributed by atoms with Crippen molar-refractivity contribution in [3.8, 4) is 0 Å². The van der Waals surface area contributed by atoms with Crippen LogP contribution >= 0.6 is 11.6 Å². The second-order valence-electron chi connectivity index (χ2n) is 7.62. The number of benzene rings is 2. The summed E-state index contributed by atoms with van der Waals surface area (Å²) < 4.78 is 68.4. The first-order valence-electron chi connectivity index (χ1n) is 9.30. The Kier molecular flexibility index (Phi) is 5.01. The highest BCUT2D eigenvalue weighted by atomic mass is 35.5. The Labute approximate surface area is 177 Å². The first-order valence-corrected chi connectivity index (χ1v) is 11.1. The molecule has 1 fully saturated rings. The molecule has 0 unspecified atom stereocenters.